The highest BCUT2D eigenvalue weighted by Crippen LogP contribution is 2.23. The normalized spacial score (nSPS) is 12.9. The van der Waals surface area contributed by atoms with Gasteiger partial charge in [-0.15, -0.1) is 0 Å². The molecule has 0 bridgehead atoms. The lowest BCUT2D eigenvalue weighted by atomic mass is 9.91. The van der Waals surface area contributed by atoms with Crippen LogP contribution in [0.2, 0.25) is 0 Å². The van der Waals surface area contributed by atoms with Gasteiger partial charge in [-0.25, -0.2) is 0 Å². The maximum atomic E-state index is 12.7. The van der Waals surface area contributed by atoms with Gasteiger partial charge in [0.15, 0.2) is 0 Å². The lowest BCUT2D eigenvalue weighted by molar-refractivity contribution is -0.146. The number of unbranched alkanes of at least 4 members (excludes halogenated alkanes) is 59. The monoisotopic (exact) mass is 1100 g/mol. The zero-order valence-corrected chi connectivity index (χ0v) is 54.1. The first kappa shape index (κ1) is 77.1. The molecule has 4 nitrogen and oxygen atoms in total. The molecule has 0 saturated carbocycles. The van der Waals surface area contributed by atoms with Crippen LogP contribution in [0, 0.1) is 11.8 Å². The molecule has 0 saturated heterocycles. The van der Waals surface area contributed by atoms with E-state index in [1.165, 1.54) is 366 Å². The van der Waals surface area contributed by atoms with Crippen molar-refractivity contribution in [3.05, 3.63) is 0 Å². The first-order valence-corrected chi connectivity index (χ1v) is 36.9. The van der Waals surface area contributed by atoms with Crippen LogP contribution in [0.15, 0.2) is 0 Å². The Balaban J connectivity index is 3.37. The molecule has 0 aliphatic carbocycles. The average Bonchev–Trinajstić information content (AvgIpc) is 3.43. The summed E-state index contributed by atoms with van der Waals surface area (Å²) in [5.41, 5.74) is 0. The lowest BCUT2D eigenvalue weighted by Gasteiger charge is -2.19. The summed E-state index contributed by atoms with van der Waals surface area (Å²) >= 11 is 0. The number of ketones is 1. The van der Waals surface area contributed by atoms with Crippen molar-refractivity contribution in [2.45, 2.75) is 451 Å². The SMILES string of the molecule is CCCCCCCCCCCCCCCCCCCCC(C)C(=O)CCCCCCCCCCCCCCCCCCCCCCCCCCCCC(O)C(CCCCCCCCCCCCCCCCCCCC)C(=O)O. The van der Waals surface area contributed by atoms with Crippen molar-refractivity contribution >= 4 is 11.8 Å². The van der Waals surface area contributed by atoms with Crippen LogP contribution >= 0.6 is 0 Å². The summed E-state index contributed by atoms with van der Waals surface area (Å²) in [5, 5.41) is 20.5. The number of aliphatic carboxylic acids is 1. The Morgan fingerprint density at radius 3 is 0.654 bits per heavy atom. The summed E-state index contributed by atoms with van der Waals surface area (Å²) in [7, 11) is 0. The predicted molar refractivity (Wildman–Crippen MR) is 347 cm³/mol. The van der Waals surface area contributed by atoms with Gasteiger partial charge >= 0.3 is 5.97 Å². The average molecular weight is 1100 g/mol. The van der Waals surface area contributed by atoms with Crippen LogP contribution in [-0.2, 0) is 9.59 Å². The highest BCUT2D eigenvalue weighted by molar-refractivity contribution is 5.80. The molecule has 78 heavy (non-hydrogen) atoms. The Kier molecular flexibility index (Phi) is 66.1. The van der Waals surface area contributed by atoms with E-state index in [1.807, 2.05) is 0 Å². The molecule has 0 heterocycles. The highest BCUT2D eigenvalue weighted by Gasteiger charge is 2.25. The number of carboxylic acid groups (broad SMARTS) is 1. The molecule has 2 N–H and O–H groups in total. The van der Waals surface area contributed by atoms with Crippen LogP contribution < -0.4 is 0 Å². The second-order valence-corrected chi connectivity index (χ2v) is 26.2. The molecular weight excluding hydrogens is 953 g/mol. The van der Waals surface area contributed by atoms with E-state index in [4.69, 9.17) is 0 Å². The lowest BCUT2D eigenvalue weighted by Crippen LogP contribution is -2.28. The summed E-state index contributed by atoms with van der Waals surface area (Å²) in [6.07, 6.45) is 87.1. The van der Waals surface area contributed by atoms with Gasteiger partial charge in [0.1, 0.15) is 5.78 Å². The summed E-state index contributed by atoms with van der Waals surface area (Å²) in [5.74, 6) is -0.586. The van der Waals surface area contributed by atoms with Gasteiger partial charge in [0.2, 0.25) is 0 Å². The predicted octanol–water partition coefficient (Wildman–Crippen LogP) is 26.0. The number of carboxylic acids is 1. The van der Waals surface area contributed by atoms with Gasteiger partial charge in [-0.1, -0.05) is 412 Å². The van der Waals surface area contributed by atoms with Crippen molar-refractivity contribution in [1.82, 2.24) is 0 Å². The molecule has 3 unspecified atom stereocenters. The van der Waals surface area contributed by atoms with E-state index in [0.717, 1.165) is 44.9 Å². The van der Waals surface area contributed by atoms with E-state index in [2.05, 4.69) is 20.8 Å². The zero-order chi connectivity index (χ0) is 56.6. The van der Waals surface area contributed by atoms with Crippen molar-refractivity contribution in [1.29, 1.82) is 0 Å². The molecular formula is C74H146O4. The van der Waals surface area contributed by atoms with Crippen molar-refractivity contribution in [3.8, 4) is 0 Å². The van der Waals surface area contributed by atoms with Gasteiger partial charge in [0.25, 0.3) is 0 Å². The number of Topliss-reactive ketones (excluding diaryl/α,β-unsaturated/α-hetero) is 1. The van der Waals surface area contributed by atoms with Gasteiger partial charge in [0.05, 0.1) is 12.0 Å². The third-order valence-corrected chi connectivity index (χ3v) is 18.4. The second-order valence-electron chi connectivity index (χ2n) is 26.2. The Labute approximate surface area is 491 Å². The summed E-state index contributed by atoms with van der Waals surface area (Å²) in [6, 6.07) is 0. The number of rotatable bonds is 70. The Hall–Kier alpha value is -0.900. The van der Waals surface area contributed by atoms with Crippen molar-refractivity contribution in [3.63, 3.8) is 0 Å². The first-order valence-electron chi connectivity index (χ1n) is 36.9. The smallest absolute Gasteiger partial charge is 0.309 e. The highest BCUT2D eigenvalue weighted by atomic mass is 16.4. The van der Waals surface area contributed by atoms with Gasteiger partial charge in [-0.3, -0.25) is 9.59 Å². The molecule has 4 heteroatoms. The van der Waals surface area contributed by atoms with E-state index in [-0.39, 0.29) is 5.92 Å². The van der Waals surface area contributed by atoms with Gasteiger partial charge < -0.3 is 10.2 Å². The van der Waals surface area contributed by atoms with Gasteiger partial charge in [0, 0.05) is 12.3 Å². The standard InChI is InChI=1S/C74H146O4/c1-4-6-8-10-12-14-16-18-20-22-34-38-42-46-50-54-58-62-66-70(3)72(75)68-64-60-56-52-48-44-40-36-32-30-28-26-24-25-27-29-31-33-37-41-45-49-53-57-61-65-69-73(76)71(74(77)78)67-63-59-55-51-47-43-39-35-23-21-19-17-15-13-11-9-7-5-2/h70-71,73,76H,4-69H2,1-3H3,(H,77,78). The number of carbonyl (C=O) groups is 2. The van der Waals surface area contributed by atoms with Crippen molar-refractivity contribution in [2.75, 3.05) is 0 Å². The van der Waals surface area contributed by atoms with E-state index in [0.29, 0.717) is 18.6 Å². The molecule has 0 radical (unpaired) electrons. The number of hydrogen-bond donors (Lipinski definition) is 2. The summed E-state index contributed by atoms with van der Waals surface area (Å²) < 4.78 is 0. The molecule has 0 rings (SSSR count). The fourth-order valence-corrected chi connectivity index (χ4v) is 12.6. The summed E-state index contributed by atoms with van der Waals surface area (Å²) in [6.45, 7) is 6.78. The number of hydrogen-bond acceptors (Lipinski definition) is 3. The Morgan fingerprint density at radius 1 is 0.256 bits per heavy atom. The van der Waals surface area contributed by atoms with Gasteiger partial charge in [-0.05, 0) is 25.7 Å². The molecule has 0 aliphatic rings. The topological polar surface area (TPSA) is 74.6 Å². The maximum absolute atomic E-state index is 12.7. The molecule has 3 atom stereocenters. The molecule has 0 fully saturated rings. The number of carbonyl (C=O) groups excluding carboxylic acids is 1. The minimum atomic E-state index is -0.804. The molecule has 466 valence electrons. The largest absolute Gasteiger partial charge is 0.481 e. The molecule has 0 aromatic carbocycles. The second kappa shape index (κ2) is 66.9. The van der Waals surface area contributed by atoms with Crippen molar-refractivity contribution < 1.29 is 19.8 Å². The van der Waals surface area contributed by atoms with Crippen molar-refractivity contribution in [2.24, 2.45) is 11.8 Å². The third kappa shape index (κ3) is 61.2. The maximum Gasteiger partial charge on any atom is 0.309 e. The van der Waals surface area contributed by atoms with Crippen LogP contribution in [0.1, 0.15) is 445 Å². The van der Waals surface area contributed by atoms with E-state index in [9.17, 15) is 19.8 Å². The van der Waals surface area contributed by atoms with Crippen LogP contribution in [0.4, 0.5) is 0 Å². The summed E-state index contributed by atoms with van der Waals surface area (Å²) in [4.78, 5) is 24.6. The van der Waals surface area contributed by atoms with Gasteiger partial charge in [-0.2, -0.15) is 0 Å². The number of aliphatic hydroxyl groups is 1. The molecule has 0 amide bonds. The van der Waals surface area contributed by atoms with Crippen LogP contribution in [-0.4, -0.2) is 28.1 Å². The van der Waals surface area contributed by atoms with E-state index < -0.39 is 18.0 Å². The van der Waals surface area contributed by atoms with E-state index in [1.54, 1.807) is 0 Å². The Bertz CT molecular complexity index is 1140. The zero-order valence-electron chi connectivity index (χ0n) is 54.1. The fourth-order valence-electron chi connectivity index (χ4n) is 12.6. The molecule has 0 aromatic heterocycles. The Morgan fingerprint density at radius 2 is 0.436 bits per heavy atom. The van der Waals surface area contributed by atoms with Crippen LogP contribution in [0.5, 0.6) is 0 Å². The first-order chi connectivity index (χ1) is 38.4. The number of aliphatic hydroxyl groups excluding tert-OH is 1. The third-order valence-electron chi connectivity index (χ3n) is 18.4. The molecule has 0 spiro atoms. The van der Waals surface area contributed by atoms with E-state index >= 15 is 0 Å². The quantitative estimate of drug-likeness (QED) is 0.0595. The minimum absolute atomic E-state index is 0.277. The van der Waals surface area contributed by atoms with Crippen LogP contribution in [0.25, 0.3) is 0 Å². The minimum Gasteiger partial charge on any atom is -0.481 e. The van der Waals surface area contributed by atoms with Crippen LogP contribution in [0.3, 0.4) is 0 Å². The molecule has 0 aromatic rings. The molecule has 0 aliphatic heterocycles. The fraction of sp³-hybridized carbons (Fsp3) is 0.973.